The number of phenols is 3. The van der Waals surface area contributed by atoms with Gasteiger partial charge < -0.3 is 30.6 Å². The second kappa shape index (κ2) is 53.7. The maximum atomic E-state index is 12.5. The van der Waals surface area contributed by atoms with Gasteiger partial charge in [-0.3, -0.25) is 19.2 Å². The SMILES string of the molecule is CCCCCCCC/C=C\CCCCCCC(C(=O)O)C(=O)c1cc(O)c(O)c(O)c1.CCCCCCCC/C=C\CCCCCCCC(=O)O.CCCCCCCC/C=C\CCCCCCCC(=O)O. The maximum absolute atomic E-state index is 12.5. The van der Waals surface area contributed by atoms with Crippen LogP contribution < -0.4 is 0 Å². The van der Waals surface area contributed by atoms with E-state index >= 15 is 0 Å². The molecule has 0 aliphatic rings. The van der Waals surface area contributed by atoms with Crippen LogP contribution in [0, 0.1) is 5.92 Å². The van der Waals surface area contributed by atoms with Gasteiger partial charge in [0.25, 0.3) is 0 Å². The number of carbonyl (C=O) groups is 4. The number of aromatic hydroxyl groups is 3. The average Bonchev–Trinajstić information content (AvgIpc) is 3.34. The van der Waals surface area contributed by atoms with Gasteiger partial charge in [-0.2, -0.15) is 0 Å². The van der Waals surface area contributed by atoms with Crippen molar-refractivity contribution >= 4 is 23.7 Å². The third-order valence-corrected chi connectivity index (χ3v) is 12.8. The molecule has 0 heterocycles. The number of Topliss-reactive ketones (excluding diaryl/α,β-unsaturated/α-hetero) is 1. The van der Waals surface area contributed by atoms with E-state index in [2.05, 4.69) is 57.2 Å². The number of rotatable bonds is 47. The molecule has 410 valence electrons. The molecule has 0 fully saturated rings. The van der Waals surface area contributed by atoms with E-state index in [1.54, 1.807) is 0 Å². The van der Waals surface area contributed by atoms with Crippen molar-refractivity contribution in [2.75, 3.05) is 0 Å². The molecule has 1 rings (SSSR count). The minimum atomic E-state index is -1.24. The quantitative estimate of drug-likeness (QED) is 0.0120. The molecule has 71 heavy (non-hydrogen) atoms. The number of hydrogen-bond donors (Lipinski definition) is 6. The Hall–Kier alpha value is -4.08. The Morgan fingerprint density at radius 2 is 0.634 bits per heavy atom. The zero-order valence-corrected chi connectivity index (χ0v) is 45.5. The number of aliphatic carboxylic acids is 3. The molecule has 10 nitrogen and oxygen atoms in total. The van der Waals surface area contributed by atoms with Crippen LogP contribution in [-0.2, 0) is 14.4 Å². The number of carbonyl (C=O) groups excluding carboxylic acids is 1. The Morgan fingerprint density at radius 1 is 0.380 bits per heavy atom. The standard InChI is InChI=1S/C25H38O6.2C18H34O2/c1-2-3-4-5-6-7-8-9-10-11-12-13-14-15-16-20(25(30)31)23(28)19-17-21(26)24(29)22(27)18-19;2*1-2-3-4-5-6-7-8-9-10-11-12-13-14-15-16-17-18(19)20/h9-10,17-18,20,26-27,29H,2-8,11-16H2,1H3,(H,30,31);2*9-10H,2-8,11-17H2,1H3,(H,19,20)/b3*10-9-. The highest BCUT2D eigenvalue weighted by atomic mass is 16.4. The summed E-state index contributed by atoms with van der Waals surface area (Å²) in [5.74, 6) is -6.52. The summed E-state index contributed by atoms with van der Waals surface area (Å²) < 4.78 is 0. The van der Waals surface area contributed by atoms with Crippen molar-refractivity contribution in [3.8, 4) is 17.2 Å². The summed E-state index contributed by atoms with van der Waals surface area (Å²) in [6, 6.07) is 1.95. The molecule has 1 aromatic carbocycles. The Labute approximate surface area is 433 Å². The Kier molecular flexibility index (Phi) is 52.2. The van der Waals surface area contributed by atoms with E-state index < -0.39 is 46.9 Å². The average molecular weight is 1000 g/mol. The molecule has 0 aromatic heterocycles. The van der Waals surface area contributed by atoms with Gasteiger partial charge in [-0.1, -0.05) is 211 Å². The summed E-state index contributed by atoms with van der Waals surface area (Å²) in [4.78, 5) is 44.6. The minimum absolute atomic E-state index is 0.129. The molecule has 1 atom stereocenters. The molecule has 0 saturated carbocycles. The second-order valence-electron chi connectivity index (χ2n) is 19.6. The van der Waals surface area contributed by atoms with Crippen molar-refractivity contribution in [3.63, 3.8) is 0 Å². The normalized spacial score (nSPS) is 11.7. The van der Waals surface area contributed by atoms with Crippen molar-refractivity contribution in [1.82, 2.24) is 0 Å². The molecule has 1 aromatic rings. The number of carboxylic acids is 3. The fraction of sp³-hybridized carbons (Fsp3) is 0.738. The van der Waals surface area contributed by atoms with Crippen molar-refractivity contribution in [3.05, 3.63) is 54.2 Å². The summed E-state index contributed by atoms with van der Waals surface area (Å²) in [6.45, 7) is 6.74. The van der Waals surface area contributed by atoms with Crippen LogP contribution in [0.3, 0.4) is 0 Å². The van der Waals surface area contributed by atoms with Gasteiger partial charge in [0, 0.05) is 18.4 Å². The number of allylic oxidation sites excluding steroid dienone is 6. The highest BCUT2D eigenvalue weighted by Gasteiger charge is 2.28. The molecule has 0 amide bonds. The zero-order chi connectivity index (χ0) is 52.8. The topological polar surface area (TPSA) is 190 Å². The fourth-order valence-electron chi connectivity index (χ4n) is 8.25. The molecule has 6 N–H and O–H groups in total. The van der Waals surface area contributed by atoms with Crippen LogP contribution in [0.5, 0.6) is 17.2 Å². The van der Waals surface area contributed by atoms with Crippen molar-refractivity contribution in [2.45, 2.75) is 284 Å². The van der Waals surface area contributed by atoms with Gasteiger partial charge in [-0.15, -0.1) is 0 Å². The fourth-order valence-corrected chi connectivity index (χ4v) is 8.25. The molecular formula is C61H106O10. The molecular weight excluding hydrogens is 893 g/mol. The van der Waals surface area contributed by atoms with Gasteiger partial charge in [0.15, 0.2) is 23.0 Å². The summed E-state index contributed by atoms with van der Waals surface area (Å²) >= 11 is 0. The number of benzene rings is 1. The van der Waals surface area contributed by atoms with Gasteiger partial charge in [0.1, 0.15) is 5.92 Å². The van der Waals surface area contributed by atoms with Crippen LogP contribution in [-0.4, -0.2) is 54.3 Å². The Morgan fingerprint density at radius 3 is 0.901 bits per heavy atom. The summed E-state index contributed by atoms with van der Waals surface area (Å²) in [7, 11) is 0. The Balaban J connectivity index is 0. The van der Waals surface area contributed by atoms with Crippen LogP contribution in [0.15, 0.2) is 48.6 Å². The van der Waals surface area contributed by atoms with Crippen molar-refractivity contribution < 1.29 is 49.8 Å². The third-order valence-electron chi connectivity index (χ3n) is 12.8. The van der Waals surface area contributed by atoms with Crippen LogP contribution in [0.25, 0.3) is 0 Å². The Bertz CT molecular complexity index is 1430. The van der Waals surface area contributed by atoms with E-state index in [-0.39, 0.29) is 12.0 Å². The first-order chi connectivity index (χ1) is 34.4. The van der Waals surface area contributed by atoms with E-state index in [0.717, 1.165) is 69.9 Å². The van der Waals surface area contributed by atoms with E-state index in [9.17, 15) is 39.6 Å². The molecule has 0 aliphatic carbocycles. The van der Waals surface area contributed by atoms with Gasteiger partial charge in [0.2, 0.25) is 0 Å². The van der Waals surface area contributed by atoms with Crippen LogP contribution in [0.1, 0.15) is 294 Å². The van der Waals surface area contributed by atoms with Crippen molar-refractivity contribution in [2.24, 2.45) is 5.92 Å². The number of carboxylic acid groups (broad SMARTS) is 3. The summed E-state index contributed by atoms with van der Waals surface area (Å²) in [5.41, 5.74) is -0.129. The lowest BCUT2D eigenvalue weighted by Crippen LogP contribution is -2.24. The zero-order valence-electron chi connectivity index (χ0n) is 45.5. The lowest BCUT2D eigenvalue weighted by molar-refractivity contribution is -0.140. The molecule has 0 spiro atoms. The first-order valence-corrected chi connectivity index (χ1v) is 28.8. The maximum Gasteiger partial charge on any atom is 0.314 e. The number of hydrogen-bond acceptors (Lipinski definition) is 7. The molecule has 0 saturated heterocycles. The largest absolute Gasteiger partial charge is 0.504 e. The van der Waals surface area contributed by atoms with Gasteiger partial charge in [0.05, 0.1) is 0 Å². The van der Waals surface area contributed by atoms with Gasteiger partial charge >= 0.3 is 17.9 Å². The van der Waals surface area contributed by atoms with Crippen LogP contribution in [0.2, 0.25) is 0 Å². The molecule has 0 bridgehead atoms. The third kappa shape index (κ3) is 49.3. The minimum Gasteiger partial charge on any atom is -0.504 e. The number of ketones is 1. The van der Waals surface area contributed by atoms with Gasteiger partial charge in [-0.05, 0) is 108 Å². The van der Waals surface area contributed by atoms with Gasteiger partial charge in [-0.25, -0.2) is 0 Å². The predicted molar refractivity (Wildman–Crippen MR) is 296 cm³/mol. The van der Waals surface area contributed by atoms with Crippen LogP contribution in [0.4, 0.5) is 0 Å². The molecule has 10 heteroatoms. The summed E-state index contributed by atoms with van der Waals surface area (Å²) in [6.07, 6.45) is 60.6. The van der Waals surface area contributed by atoms with E-state index in [1.807, 2.05) is 0 Å². The van der Waals surface area contributed by atoms with Crippen LogP contribution >= 0.6 is 0 Å². The van der Waals surface area contributed by atoms with E-state index in [4.69, 9.17) is 10.2 Å². The summed E-state index contributed by atoms with van der Waals surface area (Å²) in [5, 5.41) is 54.9. The first kappa shape index (κ1) is 69.0. The highest BCUT2D eigenvalue weighted by Crippen LogP contribution is 2.36. The number of phenolic OH excluding ortho intramolecular Hbond substituents is 3. The van der Waals surface area contributed by atoms with Crippen molar-refractivity contribution in [1.29, 1.82) is 0 Å². The smallest absolute Gasteiger partial charge is 0.314 e. The molecule has 0 radical (unpaired) electrons. The second-order valence-corrected chi connectivity index (χ2v) is 19.6. The lowest BCUT2D eigenvalue weighted by atomic mass is 9.92. The lowest BCUT2D eigenvalue weighted by Gasteiger charge is -2.12. The number of unbranched alkanes of at least 4 members (excludes halogenated alkanes) is 32. The molecule has 1 unspecified atom stereocenters. The highest BCUT2D eigenvalue weighted by molar-refractivity contribution is 6.08. The van der Waals surface area contributed by atoms with E-state index in [0.29, 0.717) is 19.3 Å². The van der Waals surface area contributed by atoms with E-state index in [1.165, 1.54) is 180 Å². The first-order valence-electron chi connectivity index (χ1n) is 28.8. The monoisotopic (exact) mass is 999 g/mol. The predicted octanol–water partition coefficient (Wildman–Crippen LogP) is 18.6. The molecule has 0 aliphatic heterocycles.